The van der Waals surface area contributed by atoms with Crippen LogP contribution in [0.1, 0.15) is 6.92 Å². The van der Waals surface area contributed by atoms with Crippen LogP contribution >= 0.6 is 11.3 Å². The number of rotatable bonds is 1. The highest BCUT2D eigenvalue weighted by molar-refractivity contribution is 7.17. The number of thiophene rings is 1. The van der Waals surface area contributed by atoms with Gasteiger partial charge in [-0.15, -0.1) is 11.3 Å². The van der Waals surface area contributed by atoms with Gasteiger partial charge in [-0.3, -0.25) is 0 Å². The van der Waals surface area contributed by atoms with E-state index in [0.717, 1.165) is 6.54 Å². The van der Waals surface area contributed by atoms with Crippen molar-refractivity contribution in [2.24, 2.45) is 0 Å². The lowest BCUT2D eigenvalue weighted by molar-refractivity contribution is 0.798. The van der Waals surface area contributed by atoms with Crippen molar-refractivity contribution in [2.45, 2.75) is 13.5 Å². The second kappa shape index (κ2) is 2.13. The Morgan fingerprint density at radius 2 is 2.40 bits per heavy atom. The summed E-state index contributed by atoms with van der Waals surface area (Å²) in [7, 11) is 0. The highest BCUT2D eigenvalue weighted by Gasteiger charge is 1.97. The van der Waals surface area contributed by atoms with Gasteiger partial charge >= 0.3 is 0 Å². The highest BCUT2D eigenvalue weighted by Crippen LogP contribution is 2.21. The van der Waals surface area contributed by atoms with E-state index in [1.807, 2.05) is 0 Å². The molecule has 10 heavy (non-hydrogen) atoms. The number of aryl methyl sites for hydroxylation is 1. The van der Waals surface area contributed by atoms with Gasteiger partial charge in [-0.05, 0) is 24.4 Å². The Hall–Kier alpha value is -0.760. The van der Waals surface area contributed by atoms with Gasteiger partial charge < -0.3 is 4.57 Å². The SMILES string of the molecule is CCn1ccc2sccc21. The Bertz CT molecular complexity index is 332. The van der Waals surface area contributed by atoms with E-state index in [0.29, 0.717) is 0 Å². The first-order valence-electron chi connectivity index (χ1n) is 3.44. The summed E-state index contributed by atoms with van der Waals surface area (Å²) in [5.74, 6) is 0. The van der Waals surface area contributed by atoms with Crippen LogP contribution in [0.15, 0.2) is 23.7 Å². The highest BCUT2D eigenvalue weighted by atomic mass is 32.1. The molecule has 0 fully saturated rings. The lowest BCUT2D eigenvalue weighted by atomic mass is 10.5. The lowest BCUT2D eigenvalue weighted by Crippen LogP contribution is -1.87. The molecule has 0 amide bonds. The summed E-state index contributed by atoms with van der Waals surface area (Å²) in [5.41, 5.74) is 1.37. The first kappa shape index (κ1) is 5.98. The molecule has 0 aromatic carbocycles. The minimum absolute atomic E-state index is 1.07. The van der Waals surface area contributed by atoms with Crippen molar-refractivity contribution >= 4 is 21.6 Å². The third-order valence-corrected chi connectivity index (χ3v) is 2.60. The van der Waals surface area contributed by atoms with Crippen LogP contribution in [0.2, 0.25) is 0 Å². The summed E-state index contributed by atoms with van der Waals surface area (Å²) < 4.78 is 3.65. The number of hydrogen-bond donors (Lipinski definition) is 0. The summed E-state index contributed by atoms with van der Waals surface area (Å²) in [5, 5.41) is 2.14. The number of fused-ring (bicyclic) bond motifs is 1. The maximum atomic E-state index is 2.26. The molecule has 2 rings (SSSR count). The van der Waals surface area contributed by atoms with Crippen LogP contribution in [-0.2, 0) is 6.54 Å². The zero-order valence-electron chi connectivity index (χ0n) is 5.87. The van der Waals surface area contributed by atoms with Crippen molar-refractivity contribution in [3.05, 3.63) is 23.7 Å². The van der Waals surface area contributed by atoms with E-state index >= 15 is 0 Å². The van der Waals surface area contributed by atoms with E-state index in [9.17, 15) is 0 Å². The molecule has 2 heterocycles. The number of hydrogen-bond acceptors (Lipinski definition) is 1. The fraction of sp³-hybridized carbons (Fsp3) is 0.250. The molecule has 0 aliphatic rings. The second-order valence-corrected chi connectivity index (χ2v) is 3.22. The molecule has 0 atom stereocenters. The Morgan fingerprint density at radius 3 is 3.20 bits per heavy atom. The molecular weight excluding hydrogens is 142 g/mol. The lowest BCUT2D eigenvalue weighted by Gasteiger charge is -1.94. The molecule has 0 aliphatic carbocycles. The summed E-state index contributed by atoms with van der Waals surface area (Å²) in [6.45, 7) is 3.23. The summed E-state index contributed by atoms with van der Waals surface area (Å²) >= 11 is 1.80. The van der Waals surface area contributed by atoms with Gasteiger partial charge in [0.2, 0.25) is 0 Å². The van der Waals surface area contributed by atoms with Crippen LogP contribution in [0.4, 0.5) is 0 Å². The number of nitrogens with zero attached hydrogens (tertiary/aromatic N) is 1. The smallest absolute Gasteiger partial charge is 0.0589 e. The molecule has 2 heteroatoms. The molecule has 0 spiro atoms. The first-order chi connectivity index (χ1) is 4.92. The van der Waals surface area contributed by atoms with Crippen LogP contribution in [0, 0.1) is 0 Å². The topological polar surface area (TPSA) is 4.93 Å². The van der Waals surface area contributed by atoms with Crippen molar-refractivity contribution in [1.29, 1.82) is 0 Å². The Kier molecular flexibility index (Phi) is 1.27. The van der Waals surface area contributed by atoms with Crippen molar-refractivity contribution in [1.82, 2.24) is 4.57 Å². The predicted molar refractivity (Wildman–Crippen MR) is 45.5 cm³/mol. The molecule has 0 N–H and O–H groups in total. The number of aromatic nitrogens is 1. The molecule has 0 aliphatic heterocycles. The van der Waals surface area contributed by atoms with Gasteiger partial charge in [0.15, 0.2) is 0 Å². The van der Waals surface area contributed by atoms with Gasteiger partial charge in [0.1, 0.15) is 0 Å². The summed E-state index contributed by atoms with van der Waals surface area (Å²) in [4.78, 5) is 0. The first-order valence-corrected chi connectivity index (χ1v) is 4.32. The Morgan fingerprint density at radius 1 is 1.50 bits per heavy atom. The van der Waals surface area contributed by atoms with Crippen LogP contribution < -0.4 is 0 Å². The van der Waals surface area contributed by atoms with Crippen LogP contribution in [0.3, 0.4) is 0 Å². The van der Waals surface area contributed by atoms with Crippen LogP contribution in [0.25, 0.3) is 10.2 Å². The molecule has 1 nitrogen and oxygen atoms in total. The van der Waals surface area contributed by atoms with Gasteiger partial charge in [0, 0.05) is 12.7 Å². The Balaban J connectivity index is 2.76. The van der Waals surface area contributed by atoms with E-state index in [-0.39, 0.29) is 0 Å². The van der Waals surface area contributed by atoms with Gasteiger partial charge in [0.25, 0.3) is 0 Å². The van der Waals surface area contributed by atoms with Gasteiger partial charge in [-0.2, -0.15) is 0 Å². The van der Waals surface area contributed by atoms with Crippen molar-refractivity contribution in [3.63, 3.8) is 0 Å². The Labute approximate surface area is 63.9 Å². The molecule has 0 radical (unpaired) electrons. The van der Waals surface area contributed by atoms with Crippen molar-refractivity contribution in [2.75, 3.05) is 0 Å². The predicted octanol–water partition coefficient (Wildman–Crippen LogP) is 2.72. The van der Waals surface area contributed by atoms with Crippen LogP contribution in [-0.4, -0.2) is 4.57 Å². The standard InChI is InChI=1S/C8H9NS/c1-2-9-5-3-8-7(9)4-6-10-8/h3-6H,2H2,1H3. The average molecular weight is 151 g/mol. The largest absolute Gasteiger partial charge is 0.347 e. The molecule has 0 unspecified atom stereocenters. The maximum absolute atomic E-state index is 2.26. The zero-order valence-corrected chi connectivity index (χ0v) is 6.69. The second-order valence-electron chi connectivity index (χ2n) is 2.27. The minimum atomic E-state index is 1.07. The summed E-state index contributed by atoms with van der Waals surface area (Å²) in [6.07, 6.45) is 2.14. The average Bonchev–Trinajstić information content (AvgIpc) is 2.44. The van der Waals surface area contributed by atoms with E-state index in [1.54, 1.807) is 11.3 Å². The van der Waals surface area contributed by atoms with Gasteiger partial charge in [0.05, 0.1) is 10.2 Å². The fourth-order valence-electron chi connectivity index (χ4n) is 1.19. The molecule has 0 bridgehead atoms. The van der Waals surface area contributed by atoms with E-state index in [1.165, 1.54) is 10.2 Å². The van der Waals surface area contributed by atoms with Crippen LogP contribution in [0.5, 0.6) is 0 Å². The molecule has 2 aromatic heterocycles. The van der Waals surface area contributed by atoms with E-state index in [4.69, 9.17) is 0 Å². The maximum Gasteiger partial charge on any atom is 0.0589 e. The van der Waals surface area contributed by atoms with Gasteiger partial charge in [-0.1, -0.05) is 0 Å². The molecule has 2 aromatic rings. The van der Waals surface area contributed by atoms with E-state index < -0.39 is 0 Å². The third kappa shape index (κ3) is 0.688. The molecular formula is C8H9NS. The molecule has 0 saturated heterocycles. The molecule has 0 saturated carbocycles. The molecule has 52 valence electrons. The monoisotopic (exact) mass is 151 g/mol. The third-order valence-electron chi connectivity index (χ3n) is 1.73. The van der Waals surface area contributed by atoms with Gasteiger partial charge in [-0.25, -0.2) is 0 Å². The minimum Gasteiger partial charge on any atom is -0.347 e. The zero-order chi connectivity index (χ0) is 6.97. The van der Waals surface area contributed by atoms with E-state index in [2.05, 4.69) is 35.2 Å². The quantitative estimate of drug-likeness (QED) is 0.590. The normalized spacial score (nSPS) is 10.9. The van der Waals surface area contributed by atoms with Crippen molar-refractivity contribution in [3.8, 4) is 0 Å². The van der Waals surface area contributed by atoms with Crippen molar-refractivity contribution < 1.29 is 0 Å². The summed E-state index contributed by atoms with van der Waals surface area (Å²) in [6, 6.07) is 4.34. The fourth-order valence-corrected chi connectivity index (χ4v) is 1.98.